The molecule has 0 aromatic heterocycles. The lowest BCUT2D eigenvalue weighted by Gasteiger charge is -2.24. The molecule has 0 radical (unpaired) electrons. The van der Waals surface area contributed by atoms with Gasteiger partial charge in [-0.25, -0.2) is 0 Å². The van der Waals surface area contributed by atoms with Crippen molar-refractivity contribution in [2.24, 2.45) is 0 Å². The van der Waals surface area contributed by atoms with Gasteiger partial charge in [0.05, 0.1) is 19.8 Å². The molecule has 1 fully saturated rings. The van der Waals surface area contributed by atoms with Crippen molar-refractivity contribution in [2.75, 3.05) is 7.11 Å². The number of ether oxygens (including phenoxy) is 4. The molecule has 2 rings (SSSR count). The average Bonchev–Trinajstić information content (AvgIpc) is 2.92. The maximum Gasteiger partial charge on any atom is 0.163 e. The molecule has 1 aliphatic rings. The molecular weight excluding hydrogens is 344 g/mol. The molecule has 1 saturated heterocycles. The van der Waals surface area contributed by atoms with E-state index in [2.05, 4.69) is 5.92 Å². The van der Waals surface area contributed by atoms with E-state index >= 15 is 0 Å². The maximum absolute atomic E-state index is 9.52. The highest BCUT2D eigenvalue weighted by Crippen LogP contribution is 2.33. The van der Waals surface area contributed by atoms with Crippen molar-refractivity contribution in [1.29, 1.82) is 0 Å². The molecule has 0 spiro atoms. The topological polar surface area (TPSA) is 57.2 Å². The number of rotatable bonds is 9. The van der Waals surface area contributed by atoms with Crippen LogP contribution in [0.5, 0.6) is 5.75 Å². The first-order valence-electron chi connectivity index (χ1n) is 9.23. The molecule has 4 atom stereocenters. The second-order valence-electron chi connectivity index (χ2n) is 7.18. The number of aliphatic hydroxyl groups excluding tert-OH is 1. The van der Waals surface area contributed by atoms with Gasteiger partial charge in [-0.2, -0.15) is 0 Å². The van der Waals surface area contributed by atoms with Gasteiger partial charge in [0.2, 0.25) is 0 Å². The van der Waals surface area contributed by atoms with E-state index in [1.807, 2.05) is 50.3 Å². The highest BCUT2D eigenvalue weighted by atomic mass is 16.8. The molecule has 1 aliphatic heterocycles. The van der Waals surface area contributed by atoms with Crippen LogP contribution in [0.25, 0.3) is 0 Å². The van der Waals surface area contributed by atoms with Crippen molar-refractivity contribution in [3.8, 4) is 18.1 Å². The summed E-state index contributed by atoms with van der Waals surface area (Å²) in [5.41, 5.74) is 1.02. The number of aliphatic hydroxyl groups is 1. The summed E-state index contributed by atoms with van der Waals surface area (Å²) in [6, 6.07) is 7.72. The third-order valence-electron chi connectivity index (χ3n) is 4.27. The van der Waals surface area contributed by atoms with Crippen molar-refractivity contribution in [3.63, 3.8) is 0 Å². The molecule has 27 heavy (non-hydrogen) atoms. The molecule has 5 nitrogen and oxygen atoms in total. The Balaban J connectivity index is 2.11. The lowest BCUT2D eigenvalue weighted by Crippen LogP contribution is -2.36. The van der Waals surface area contributed by atoms with Crippen LogP contribution in [0.2, 0.25) is 0 Å². The van der Waals surface area contributed by atoms with E-state index in [9.17, 15) is 5.11 Å². The molecule has 0 amide bonds. The van der Waals surface area contributed by atoms with Gasteiger partial charge in [-0.3, -0.25) is 0 Å². The van der Waals surface area contributed by atoms with Crippen molar-refractivity contribution in [2.45, 2.75) is 70.4 Å². The normalized spacial score (nSPS) is 23.9. The highest BCUT2D eigenvalue weighted by Gasteiger charge is 2.44. The van der Waals surface area contributed by atoms with Gasteiger partial charge in [0.15, 0.2) is 5.79 Å². The Morgan fingerprint density at radius 2 is 2.00 bits per heavy atom. The number of methoxy groups -OCH3 is 1. The predicted octanol–water partition coefficient (Wildman–Crippen LogP) is 3.45. The van der Waals surface area contributed by atoms with Gasteiger partial charge in [-0.05, 0) is 44.9 Å². The van der Waals surface area contributed by atoms with Crippen molar-refractivity contribution >= 4 is 0 Å². The van der Waals surface area contributed by atoms with Crippen LogP contribution < -0.4 is 4.74 Å². The molecule has 0 bridgehead atoms. The minimum absolute atomic E-state index is 0.248. The summed E-state index contributed by atoms with van der Waals surface area (Å²) in [6.07, 6.45) is 9.00. The minimum Gasteiger partial charge on any atom is -0.497 e. The Labute approximate surface area is 162 Å². The predicted molar refractivity (Wildman–Crippen MR) is 104 cm³/mol. The monoisotopic (exact) mass is 374 g/mol. The zero-order valence-electron chi connectivity index (χ0n) is 16.6. The first-order valence-corrected chi connectivity index (χ1v) is 9.23. The van der Waals surface area contributed by atoms with Gasteiger partial charge in [-0.15, -0.1) is 12.3 Å². The maximum atomic E-state index is 9.52. The fourth-order valence-corrected chi connectivity index (χ4v) is 3.00. The zero-order valence-corrected chi connectivity index (χ0v) is 16.6. The van der Waals surface area contributed by atoms with Gasteiger partial charge in [0, 0.05) is 6.42 Å². The van der Waals surface area contributed by atoms with Gasteiger partial charge >= 0.3 is 0 Å². The van der Waals surface area contributed by atoms with E-state index in [0.29, 0.717) is 19.4 Å². The Morgan fingerprint density at radius 1 is 1.30 bits per heavy atom. The Hall–Kier alpha value is -1.84. The molecule has 1 aromatic rings. The third-order valence-corrected chi connectivity index (χ3v) is 4.27. The van der Waals surface area contributed by atoms with Crippen LogP contribution in [-0.2, 0) is 20.8 Å². The lowest BCUT2D eigenvalue weighted by molar-refractivity contribution is -0.156. The van der Waals surface area contributed by atoms with E-state index in [1.165, 1.54) is 0 Å². The van der Waals surface area contributed by atoms with E-state index in [0.717, 1.165) is 11.3 Å². The summed E-state index contributed by atoms with van der Waals surface area (Å²) in [5.74, 6) is 2.74. The van der Waals surface area contributed by atoms with Gasteiger partial charge in [0.1, 0.15) is 24.1 Å². The largest absolute Gasteiger partial charge is 0.497 e. The standard InChI is InChI=1S/C22H30O5/c1-6-8-20-21(27-22(3,4)26-20)19(10-7-9-16(2)23)25-15-17-11-13-18(24-5)14-12-17/h1,7,10-14,16,19-21,23H,8-9,15H2,2-5H3/b10-7-/t16-,19+,20-,21+/m0/s1. The quantitative estimate of drug-likeness (QED) is 0.530. The van der Waals surface area contributed by atoms with Gasteiger partial charge in [0.25, 0.3) is 0 Å². The summed E-state index contributed by atoms with van der Waals surface area (Å²) >= 11 is 0. The van der Waals surface area contributed by atoms with Crippen LogP contribution in [-0.4, -0.2) is 42.4 Å². The van der Waals surface area contributed by atoms with Crippen LogP contribution in [0.1, 0.15) is 39.2 Å². The molecule has 0 saturated carbocycles. The van der Waals surface area contributed by atoms with Crippen LogP contribution in [0.3, 0.4) is 0 Å². The summed E-state index contributed by atoms with van der Waals surface area (Å²) in [7, 11) is 1.64. The van der Waals surface area contributed by atoms with E-state index < -0.39 is 11.9 Å². The van der Waals surface area contributed by atoms with Crippen LogP contribution in [0, 0.1) is 12.3 Å². The first kappa shape index (κ1) is 21.5. The van der Waals surface area contributed by atoms with Crippen molar-refractivity contribution in [3.05, 3.63) is 42.0 Å². The molecule has 0 unspecified atom stereocenters. The zero-order chi connectivity index (χ0) is 19.9. The Kier molecular flexibility index (Phi) is 7.88. The Bertz CT molecular complexity index is 642. The summed E-state index contributed by atoms with van der Waals surface area (Å²) in [4.78, 5) is 0. The van der Waals surface area contributed by atoms with Crippen LogP contribution in [0.4, 0.5) is 0 Å². The van der Waals surface area contributed by atoms with Crippen LogP contribution >= 0.6 is 0 Å². The Morgan fingerprint density at radius 3 is 2.59 bits per heavy atom. The minimum atomic E-state index is -0.716. The lowest BCUT2D eigenvalue weighted by atomic mass is 10.0. The fourth-order valence-electron chi connectivity index (χ4n) is 3.00. The number of hydrogen-bond donors (Lipinski definition) is 1. The summed E-state index contributed by atoms with van der Waals surface area (Å²) in [6.45, 7) is 5.90. The molecule has 1 N–H and O–H groups in total. The van der Waals surface area contributed by atoms with Crippen LogP contribution in [0.15, 0.2) is 36.4 Å². The smallest absolute Gasteiger partial charge is 0.163 e. The van der Waals surface area contributed by atoms with Crippen molar-refractivity contribution in [1.82, 2.24) is 0 Å². The molecular formula is C22H30O5. The SMILES string of the molecule is C#CC[C@@H]1OC(C)(C)O[C@@H]1[C@@H](/C=C\C[C@H](C)O)OCc1ccc(OC)cc1. The van der Waals surface area contributed by atoms with E-state index in [1.54, 1.807) is 14.0 Å². The molecule has 1 heterocycles. The third kappa shape index (κ3) is 6.67. The average molecular weight is 374 g/mol. The summed E-state index contributed by atoms with van der Waals surface area (Å²) < 4.78 is 23.4. The molecule has 1 aromatic carbocycles. The van der Waals surface area contributed by atoms with Gasteiger partial charge in [-0.1, -0.05) is 24.3 Å². The summed E-state index contributed by atoms with van der Waals surface area (Å²) in [5, 5.41) is 9.52. The number of benzene rings is 1. The number of hydrogen-bond acceptors (Lipinski definition) is 5. The molecule has 0 aliphatic carbocycles. The first-order chi connectivity index (χ1) is 12.8. The second kappa shape index (κ2) is 9.91. The number of terminal acetylenes is 1. The fraction of sp³-hybridized carbons (Fsp3) is 0.545. The van der Waals surface area contributed by atoms with E-state index in [4.69, 9.17) is 25.4 Å². The highest BCUT2D eigenvalue weighted by molar-refractivity contribution is 5.26. The van der Waals surface area contributed by atoms with Crippen molar-refractivity contribution < 1.29 is 24.1 Å². The van der Waals surface area contributed by atoms with E-state index in [-0.39, 0.29) is 18.3 Å². The molecule has 148 valence electrons. The van der Waals surface area contributed by atoms with Gasteiger partial charge < -0.3 is 24.1 Å². The molecule has 5 heteroatoms. The second-order valence-corrected chi connectivity index (χ2v) is 7.18.